The highest BCUT2D eigenvalue weighted by Crippen LogP contribution is 2.26. The van der Waals surface area contributed by atoms with Crippen LogP contribution in [-0.2, 0) is 13.0 Å². The van der Waals surface area contributed by atoms with E-state index in [0.29, 0.717) is 22.7 Å². The van der Waals surface area contributed by atoms with Crippen molar-refractivity contribution in [3.8, 4) is 5.75 Å². The Morgan fingerprint density at radius 2 is 1.81 bits per heavy atom. The van der Waals surface area contributed by atoms with E-state index in [1.807, 2.05) is 31.3 Å². The minimum Gasteiger partial charge on any atom is -0.489 e. The monoisotopic (exact) mass is 323 g/mol. The Morgan fingerprint density at radius 1 is 1.10 bits per heavy atom. The molecular formula is C17H19Cl2NO. The molecule has 112 valence electrons. The van der Waals surface area contributed by atoms with Crippen molar-refractivity contribution in [3.63, 3.8) is 0 Å². The molecular weight excluding hydrogens is 305 g/mol. The first kappa shape index (κ1) is 16.2. The van der Waals surface area contributed by atoms with Gasteiger partial charge in [-0.15, -0.1) is 0 Å². The summed E-state index contributed by atoms with van der Waals surface area (Å²) in [5.74, 6) is 0.826. The van der Waals surface area contributed by atoms with Crippen LogP contribution in [0.3, 0.4) is 0 Å². The van der Waals surface area contributed by atoms with E-state index in [1.54, 1.807) is 6.07 Å². The fourth-order valence-electron chi connectivity index (χ4n) is 2.00. The van der Waals surface area contributed by atoms with E-state index in [1.165, 1.54) is 5.56 Å². The molecule has 2 aromatic rings. The van der Waals surface area contributed by atoms with Gasteiger partial charge < -0.3 is 10.1 Å². The molecule has 21 heavy (non-hydrogen) atoms. The lowest BCUT2D eigenvalue weighted by Crippen LogP contribution is -2.23. The Kier molecular flexibility index (Phi) is 5.92. The molecule has 2 aromatic carbocycles. The predicted molar refractivity (Wildman–Crippen MR) is 89.5 cm³/mol. The van der Waals surface area contributed by atoms with Crippen molar-refractivity contribution in [1.29, 1.82) is 0 Å². The number of hydrogen-bond acceptors (Lipinski definition) is 2. The highest BCUT2D eigenvalue weighted by molar-refractivity contribution is 6.42. The van der Waals surface area contributed by atoms with Gasteiger partial charge in [0.2, 0.25) is 0 Å². The van der Waals surface area contributed by atoms with Gasteiger partial charge in [0.25, 0.3) is 0 Å². The van der Waals surface area contributed by atoms with Crippen LogP contribution in [0.2, 0.25) is 10.0 Å². The molecule has 1 N–H and O–H groups in total. The third-order valence-corrected chi connectivity index (χ3v) is 4.24. The average Bonchev–Trinajstić information content (AvgIpc) is 2.50. The summed E-state index contributed by atoms with van der Waals surface area (Å²) in [6.45, 7) is 2.57. The van der Waals surface area contributed by atoms with Gasteiger partial charge in [0.05, 0.1) is 10.0 Å². The van der Waals surface area contributed by atoms with Gasteiger partial charge in [-0.1, -0.05) is 47.5 Å². The van der Waals surface area contributed by atoms with Crippen molar-refractivity contribution < 1.29 is 4.74 Å². The molecule has 0 radical (unpaired) electrons. The standard InChI is InChI=1S/C17H19Cl2NO/c1-12(20-2)10-13-6-8-15(9-7-13)21-11-14-4-3-5-16(18)17(14)19/h3-9,12,20H,10-11H2,1-2H3. The van der Waals surface area contributed by atoms with E-state index >= 15 is 0 Å². The largest absolute Gasteiger partial charge is 0.489 e. The molecule has 0 aliphatic heterocycles. The maximum absolute atomic E-state index is 6.14. The Balaban J connectivity index is 1.96. The van der Waals surface area contributed by atoms with Crippen LogP contribution in [0.25, 0.3) is 0 Å². The molecule has 0 aromatic heterocycles. The molecule has 2 nitrogen and oxygen atoms in total. The van der Waals surface area contributed by atoms with E-state index in [0.717, 1.165) is 17.7 Å². The van der Waals surface area contributed by atoms with Crippen LogP contribution in [0.5, 0.6) is 5.75 Å². The Labute approximate surface area is 136 Å². The minimum atomic E-state index is 0.408. The summed E-state index contributed by atoms with van der Waals surface area (Å²) in [5, 5.41) is 4.33. The Bertz CT molecular complexity index is 584. The third kappa shape index (κ3) is 4.63. The van der Waals surface area contributed by atoms with Gasteiger partial charge >= 0.3 is 0 Å². The molecule has 1 unspecified atom stereocenters. The van der Waals surface area contributed by atoms with Gasteiger partial charge in [-0.3, -0.25) is 0 Å². The molecule has 0 aliphatic carbocycles. The van der Waals surface area contributed by atoms with Crippen molar-refractivity contribution in [2.75, 3.05) is 7.05 Å². The molecule has 2 rings (SSSR count). The molecule has 0 saturated heterocycles. The van der Waals surface area contributed by atoms with Gasteiger partial charge in [0.15, 0.2) is 0 Å². The van der Waals surface area contributed by atoms with Crippen LogP contribution in [0.1, 0.15) is 18.1 Å². The minimum absolute atomic E-state index is 0.408. The summed E-state index contributed by atoms with van der Waals surface area (Å²) in [5.41, 5.74) is 2.17. The number of rotatable bonds is 6. The average molecular weight is 324 g/mol. The smallest absolute Gasteiger partial charge is 0.119 e. The number of halogens is 2. The topological polar surface area (TPSA) is 21.3 Å². The van der Waals surface area contributed by atoms with E-state index in [-0.39, 0.29) is 0 Å². The summed E-state index contributed by atoms with van der Waals surface area (Å²) in [4.78, 5) is 0. The zero-order valence-corrected chi connectivity index (χ0v) is 13.7. The van der Waals surface area contributed by atoms with Crippen molar-refractivity contribution in [2.24, 2.45) is 0 Å². The van der Waals surface area contributed by atoms with Gasteiger partial charge in [0, 0.05) is 11.6 Å². The molecule has 0 heterocycles. The third-order valence-electron chi connectivity index (χ3n) is 3.38. The number of hydrogen-bond donors (Lipinski definition) is 1. The summed E-state index contributed by atoms with van der Waals surface area (Å²) in [6, 6.07) is 14.1. The van der Waals surface area contributed by atoms with Crippen molar-refractivity contribution in [2.45, 2.75) is 26.0 Å². The van der Waals surface area contributed by atoms with E-state index in [9.17, 15) is 0 Å². The van der Waals surface area contributed by atoms with Crippen molar-refractivity contribution >= 4 is 23.2 Å². The highest BCUT2D eigenvalue weighted by Gasteiger charge is 2.05. The summed E-state index contributed by atoms with van der Waals surface area (Å²) in [7, 11) is 1.97. The highest BCUT2D eigenvalue weighted by atomic mass is 35.5. The summed E-state index contributed by atoms with van der Waals surface area (Å²) in [6.07, 6.45) is 0.997. The van der Waals surface area contributed by atoms with Crippen LogP contribution in [0, 0.1) is 0 Å². The second kappa shape index (κ2) is 7.69. The van der Waals surface area contributed by atoms with Gasteiger partial charge in [0.1, 0.15) is 12.4 Å². The predicted octanol–water partition coefficient (Wildman–Crippen LogP) is 4.72. The lowest BCUT2D eigenvalue weighted by Gasteiger charge is -2.11. The van der Waals surface area contributed by atoms with Crippen LogP contribution in [0.4, 0.5) is 0 Å². The zero-order chi connectivity index (χ0) is 15.2. The first-order valence-electron chi connectivity index (χ1n) is 6.92. The fourth-order valence-corrected chi connectivity index (χ4v) is 2.37. The Hall–Kier alpha value is -1.22. The molecule has 1 atom stereocenters. The SMILES string of the molecule is CNC(C)Cc1ccc(OCc2cccc(Cl)c2Cl)cc1. The normalized spacial score (nSPS) is 12.2. The number of nitrogens with one attached hydrogen (secondary N) is 1. The summed E-state index contributed by atoms with van der Waals surface area (Å²) >= 11 is 12.1. The molecule has 0 aliphatic rings. The van der Waals surface area contributed by atoms with Crippen LogP contribution in [-0.4, -0.2) is 13.1 Å². The van der Waals surface area contributed by atoms with Gasteiger partial charge in [-0.25, -0.2) is 0 Å². The maximum atomic E-state index is 6.14. The quantitative estimate of drug-likeness (QED) is 0.830. The molecule has 0 spiro atoms. The van der Waals surface area contributed by atoms with E-state index in [4.69, 9.17) is 27.9 Å². The van der Waals surface area contributed by atoms with E-state index < -0.39 is 0 Å². The molecule has 0 saturated carbocycles. The zero-order valence-electron chi connectivity index (χ0n) is 12.2. The van der Waals surface area contributed by atoms with Crippen LogP contribution in [0.15, 0.2) is 42.5 Å². The number of ether oxygens (including phenoxy) is 1. The van der Waals surface area contributed by atoms with Crippen molar-refractivity contribution in [3.05, 3.63) is 63.6 Å². The molecule has 0 fully saturated rings. The molecule has 4 heteroatoms. The number of likely N-dealkylation sites (N-methyl/N-ethyl adjacent to an activating group) is 1. The van der Waals surface area contributed by atoms with Gasteiger partial charge in [-0.2, -0.15) is 0 Å². The summed E-state index contributed by atoms with van der Waals surface area (Å²) < 4.78 is 5.76. The van der Waals surface area contributed by atoms with Gasteiger partial charge in [-0.05, 0) is 44.2 Å². The van der Waals surface area contributed by atoms with Crippen molar-refractivity contribution in [1.82, 2.24) is 5.32 Å². The molecule has 0 bridgehead atoms. The Morgan fingerprint density at radius 3 is 2.48 bits per heavy atom. The van der Waals surface area contributed by atoms with E-state index in [2.05, 4.69) is 24.4 Å². The fraction of sp³-hybridized carbons (Fsp3) is 0.294. The second-order valence-corrected chi connectivity index (χ2v) is 5.82. The first-order chi connectivity index (χ1) is 10.1. The molecule has 0 amide bonds. The second-order valence-electron chi connectivity index (χ2n) is 5.04. The maximum Gasteiger partial charge on any atom is 0.119 e. The first-order valence-corrected chi connectivity index (χ1v) is 7.67. The van der Waals surface area contributed by atoms with Crippen LogP contribution < -0.4 is 10.1 Å². The lowest BCUT2D eigenvalue weighted by atomic mass is 10.1. The van der Waals surface area contributed by atoms with Crippen LogP contribution >= 0.6 is 23.2 Å². The number of benzene rings is 2. The lowest BCUT2D eigenvalue weighted by molar-refractivity contribution is 0.306.